The maximum absolute atomic E-state index is 3.60. The number of halogens is 2. The van der Waals surface area contributed by atoms with Crippen LogP contribution in [0, 0.1) is 0 Å². The Hall–Kier alpha value is 0.140. The van der Waals surface area contributed by atoms with Gasteiger partial charge in [-0.15, -0.1) is 0 Å². The molecule has 0 heterocycles. The Balaban J connectivity index is 2.15. The van der Waals surface area contributed by atoms with Gasteiger partial charge in [0.25, 0.3) is 0 Å². The molecule has 0 aliphatic rings. The Morgan fingerprint density at radius 1 is 1.06 bits per heavy atom. The first-order chi connectivity index (χ1) is 8.24. The van der Waals surface area contributed by atoms with Crippen LogP contribution in [0.1, 0.15) is 38.2 Å². The van der Waals surface area contributed by atoms with E-state index in [1.54, 1.807) is 0 Å². The molecule has 0 saturated heterocycles. The van der Waals surface area contributed by atoms with Gasteiger partial charge in [-0.05, 0) is 62.5 Å². The average Bonchev–Trinajstić information content (AvgIpc) is 2.32. The smallest absolute Gasteiger partial charge is 0.0208 e. The molecule has 17 heavy (non-hydrogen) atoms. The van der Waals surface area contributed by atoms with Gasteiger partial charge in [-0.1, -0.05) is 45.2 Å². The summed E-state index contributed by atoms with van der Waals surface area (Å²) in [5.41, 5.74) is 1.40. The van der Waals surface area contributed by atoms with Crippen molar-refractivity contribution >= 4 is 31.9 Å². The van der Waals surface area contributed by atoms with Gasteiger partial charge < -0.3 is 5.32 Å². The van der Waals surface area contributed by atoms with Crippen LogP contribution in [0.2, 0.25) is 0 Å². The van der Waals surface area contributed by atoms with E-state index in [1.807, 2.05) is 0 Å². The highest BCUT2D eigenvalue weighted by atomic mass is 79.9. The molecular weight excluding hydrogens is 342 g/mol. The SMILES string of the molecule is CCCNCCCCCc1cc(Br)ccc1Br. The number of hydrogen-bond donors (Lipinski definition) is 1. The van der Waals surface area contributed by atoms with Gasteiger partial charge in [0.05, 0.1) is 0 Å². The van der Waals surface area contributed by atoms with E-state index in [2.05, 4.69) is 62.3 Å². The van der Waals surface area contributed by atoms with Gasteiger partial charge in [-0.2, -0.15) is 0 Å². The minimum atomic E-state index is 1.15. The van der Waals surface area contributed by atoms with E-state index in [0.717, 1.165) is 19.5 Å². The standard InChI is InChI=1S/C14H21Br2N/c1-2-9-17-10-5-3-4-6-12-11-13(15)7-8-14(12)16/h7-8,11,17H,2-6,9-10H2,1H3. The minimum Gasteiger partial charge on any atom is -0.317 e. The number of aryl methyl sites for hydroxylation is 1. The van der Waals surface area contributed by atoms with Crippen molar-refractivity contribution in [2.75, 3.05) is 13.1 Å². The third kappa shape index (κ3) is 6.58. The zero-order valence-electron chi connectivity index (χ0n) is 10.4. The van der Waals surface area contributed by atoms with Crippen LogP contribution in [0.3, 0.4) is 0 Å². The number of hydrogen-bond acceptors (Lipinski definition) is 1. The van der Waals surface area contributed by atoms with Crippen molar-refractivity contribution in [3.8, 4) is 0 Å². The number of unbranched alkanes of at least 4 members (excludes halogenated alkanes) is 2. The van der Waals surface area contributed by atoms with Crippen LogP contribution in [0.25, 0.3) is 0 Å². The zero-order chi connectivity index (χ0) is 12.5. The molecule has 1 aromatic rings. The van der Waals surface area contributed by atoms with Crippen LogP contribution >= 0.6 is 31.9 Å². The van der Waals surface area contributed by atoms with Gasteiger partial charge in [0.15, 0.2) is 0 Å². The highest BCUT2D eigenvalue weighted by Gasteiger charge is 2.00. The lowest BCUT2D eigenvalue weighted by Gasteiger charge is -2.06. The second-order valence-electron chi connectivity index (χ2n) is 4.30. The van der Waals surface area contributed by atoms with Crippen molar-refractivity contribution < 1.29 is 0 Å². The maximum Gasteiger partial charge on any atom is 0.0208 e. The first-order valence-electron chi connectivity index (χ1n) is 6.38. The molecule has 3 heteroatoms. The Morgan fingerprint density at radius 2 is 1.88 bits per heavy atom. The van der Waals surface area contributed by atoms with E-state index < -0.39 is 0 Å². The van der Waals surface area contributed by atoms with E-state index in [4.69, 9.17) is 0 Å². The topological polar surface area (TPSA) is 12.0 Å². The molecule has 0 unspecified atom stereocenters. The summed E-state index contributed by atoms with van der Waals surface area (Å²) in [6, 6.07) is 6.39. The molecule has 1 rings (SSSR count). The molecule has 96 valence electrons. The summed E-state index contributed by atoms with van der Waals surface area (Å²) < 4.78 is 2.39. The van der Waals surface area contributed by atoms with Crippen LogP contribution in [0.5, 0.6) is 0 Å². The molecule has 0 bridgehead atoms. The van der Waals surface area contributed by atoms with Crippen molar-refractivity contribution in [2.24, 2.45) is 0 Å². The summed E-state index contributed by atoms with van der Waals surface area (Å²) in [5.74, 6) is 0. The minimum absolute atomic E-state index is 1.15. The second kappa shape index (κ2) is 9.12. The number of benzene rings is 1. The predicted molar refractivity (Wildman–Crippen MR) is 82.6 cm³/mol. The van der Waals surface area contributed by atoms with Gasteiger partial charge in [0, 0.05) is 8.95 Å². The molecule has 0 spiro atoms. The molecule has 0 aromatic heterocycles. The van der Waals surface area contributed by atoms with E-state index in [0.29, 0.717) is 0 Å². The Morgan fingerprint density at radius 3 is 2.65 bits per heavy atom. The van der Waals surface area contributed by atoms with Crippen molar-refractivity contribution in [1.82, 2.24) is 5.32 Å². The Labute approximate surface area is 122 Å². The van der Waals surface area contributed by atoms with Gasteiger partial charge in [0.2, 0.25) is 0 Å². The molecule has 0 saturated carbocycles. The Bertz CT molecular complexity index is 326. The quantitative estimate of drug-likeness (QED) is 0.647. The number of rotatable bonds is 8. The van der Waals surface area contributed by atoms with Crippen LogP contribution in [0.15, 0.2) is 27.1 Å². The van der Waals surface area contributed by atoms with Gasteiger partial charge >= 0.3 is 0 Å². The van der Waals surface area contributed by atoms with Crippen LogP contribution in [-0.4, -0.2) is 13.1 Å². The first-order valence-corrected chi connectivity index (χ1v) is 7.97. The lowest BCUT2D eigenvalue weighted by molar-refractivity contribution is 0.598. The number of nitrogens with one attached hydrogen (secondary N) is 1. The van der Waals surface area contributed by atoms with Gasteiger partial charge in [-0.3, -0.25) is 0 Å². The van der Waals surface area contributed by atoms with Crippen molar-refractivity contribution in [3.05, 3.63) is 32.7 Å². The summed E-state index contributed by atoms with van der Waals surface area (Å²) >= 11 is 7.12. The normalized spacial score (nSPS) is 10.8. The third-order valence-electron chi connectivity index (χ3n) is 2.73. The second-order valence-corrected chi connectivity index (χ2v) is 6.07. The van der Waals surface area contributed by atoms with Crippen LogP contribution < -0.4 is 5.32 Å². The van der Waals surface area contributed by atoms with Crippen molar-refractivity contribution in [3.63, 3.8) is 0 Å². The molecule has 0 aliphatic carbocycles. The lowest BCUT2D eigenvalue weighted by Crippen LogP contribution is -2.15. The Kier molecular flexibility index (Phi) is 8.15. The van der Waals surface area contributed by atoms with E-state index >= 15 is 0 Å². The average molecular weight is 363 g/mol. The fraction of sp³-hybridized carbons (Fsp3) is 0.571. The summed E-state index contributed by atoms with van der Waals surface area (Å²) in [6.45, 7) is 4.52. The molecule has 0 radical (unpaired) electrons. The molecule has 1 nitrogen and oxygen atoms in total. The zero-order valence-corrected chi connectivity index (χ0v) is 13.6. The molecule has 1 N–H and O–H groups in total. The fourth-order valence-electron chi connectivity index (χ4n) is 1.78. The largest absolute Gasteiger partial charge is 0.317 e. The molecule has 0 aliphatic heterocycles. The molecule has 0 fully saturated rings. The highest BCUT2D eigenvalue weighted by molar-refractivity contribution is 9.11. The maximum atomic E-state index is 3.60. The van der Waals surface area contributed by atoms with E-state index in [-0.39, 0.29) is 0 Å². The van der Waals surface area contributed by atoms with Crippen LogP contribution in [0.4, 0.5) is 0 Å². The van der Waals surface area contributed by atoms with Gasteiger partial charge in [0.1, 0.15) is 0 Å². The molecular formula is C14H21Br2N. The summed E-state index contributed by atoms with van der Waals surface area (Å²) in [4.78, 5) is 0. The lowest BCUT2D eigenvalue weighted by atomic mass is 10.1. The van der Waals surface area contributed by atoms with E-state index in [1.165, 1.54) is 40.2 Å². The van der Waals surface area contributed by atoms with Crippen molar-refractivity contribution in [2.45, 2.75) is 39.0 Å². The third-order valence-corrected chi connectivity index (χ3v) is 4.00. The van der Waals surface area contributed by atoms with Crippen LogP contribution in [-0.2, 0) is 6.42 Å². The van der Waals surface area contributed by atoms with E-state index in [9.17, 15) is 0 Å². The summed E-state index contributed by atoms with van der Waals surface area (Å²) in [5, 5.41) is 3.44. The highest BCUT2D eigenvalue weighted by Crippen LogP contribution is 2.23. The molecule has 0 atom stereocenters. The summed E-state index contributed by atoms with van der Waals surface area (Å²) in [7, 11) is 0. The monoisotopic (exact) mass is 361 g/mol. The first kappa shape index (κ1) is 15.2. The van der Waals surface area contributed by atoms with Crippen molar-refractivity contribution in [1.29, 1.82) is 0 Å². The molecule has 1 aromatic carbocycles. The molecule has 0 amide bonds. The summed E-state index contributed by atoms with van der Waals surface area (Å²) in [6.07, 6.45) is 6.24. The van der Waals surface area contributed by atoms with Gasteiger partial charge in [-0.25, -0.2) is 0 Å². The predicted octanol–water partition coefficient (Wildman–Crippen LogP) is 4.92. The fourth-order valence-corrected chi connectivity index (χ4v) is 2.63.